The maximum Gasteiger partial charge on any atom is 0.123 e. The number of fused-ring (bicyclic) bond motifs is 2. The number of nitrogens with one attached hydrogen (secondary N) is 1. The summed E-state index contributed by atoms with van der Waals surface area (Å²) < 4.78 is 13.7. The van der Waals surface area contributed by atoms with Crippen LogP contribution in [0.5, 0.6) is 0 Å². The molecule has 0 aliphatic carbocycles. The number of aromatic amines is 1. The zero-order valence-electron chi connectivity index (χ0n) is 17.7. The molecule has 0 atom stereocenters. The maximum absolute atomic E-state index is 13.7. The molecule has 2 aliphatic rings. The molecule has 1 saturated heterocycles. The van der Waals surface area contributed by atoms with E-state index in [0.717, 1.165) is 30.5 Å². The fraction of sp³-hybridized carbons (Fsp3) is 0.462. The van der Waals surface area contributed by atoms with E-state index in [0.29, 0.717) is 5.92 Å². The van der Waals surface area contributed by atoms with Crippen LogP contribution in [0.2, 0.25) is 0 Å². The van der Waals surface area contributed by atoms with Crippen molar-refractivity contribution >= 4 is 10.9 Å². The third kappa shape index (κ3) is 4.30. The summed E-state index contributed by atoms with van der Waals surface area (Å²) in [6.45, 7) is 7.05. The zero-order valence-corrected chi connectivity index (χ0v) is 17.7. The second kappa shape index (κ2) is 8.91. The molecule has 0 bridgehead atoms. The van der Waals surface area contributed by atoms with Gasteiger partial charge < -0.3 is 9.88 Å². The monoisotopic (exact) mass is 405 g/mol. The number of aromatic nitrogens is 1. The summed E-state index contributed by atoms with van der Waals surface area (Å²) in [5, 5.41) is 1.07. The molecule has 0 radical (unpaired) electrons. The van der Waals surface area contributed by atoms with Gasteiger partial charge in [-0.25, -0.2) is 4.39 Å². The molecule has 3 heterocycles. The Morgan fingerprint density at radius 2 is 1.67 bits per heavy atom. The van der Waals surface area contributed by atoms with E-state index in [1.807, 2.05) is 6.07 Å². The van der Waals surface area contributed by atoms with Crippen LogP contribution in [-0.2, 0) is 13.0 Å². The standard InChI is InChI=1S/C26H32FN3/c27-23-7-8-26-24(17-23)25(18-28-26)21-10-14-29(15-11-21)12-3-4-13-30-16-9-20-5-1-2-6-22(20)19-30/h1-2,5-8,17-18,21,28H,3-4,9-16,19H2. The molecule has 0 unspecified atom stereocenters. The maximum atomic E-state index is 13.7. The fourth-order valence-corrected chi connectivity index (χ4v) is 5.34. The van der Waals surface area contributed by atoms with Crippen LogP contribution in [0.3, 0.4) is 0 Å². The van der Waals surface area contributed by atoms with Crippen molar-refractivity contribution in [1.82, 2.24) is 14.8 Å². The number of halogens is 1. The third-order valence-corrected chi connectivity index (χ3v) is 7.11. The van der Waals surface area contributed by atoms with Gasteiger partial charge in [0.05, 0.1) is 0 Å². The summed E-state index contributed by atoms with van der Waals surface area (Å²) >= 11 is 0. The van der Waals surface area contributed by atoms with Gasteiger partial charge in [-0.1, -0.05) is 24.3 Å². The molecule has 5 rings (SSSR count). The first kappa shape index (κ1) is 19.8. The first-order valence-corrected chi connectivity index (χ1v) is 11.5. The molecule has 1 N–H and O–H groups in total. The molecule has 2 aliphatic heterocycles. The predicted octanol–water partition coefficient (Wildman–Crippen LogP) is 5.32. The number of hydrogen-bond acceptors (Lipinski definition) is 2. The van der Waals surface area contributed by atoms with E-state index < -0.39 is 0 Å². The van der Waals surface area contributed by atoms with Crippen LogP contribution in [0.15, 0.2) is 48.7 Å². The Balaban J connectivity index is 1.05. The summed E-state index contributed by atoms with van der Waals surface area (Å²) in [5.74, 6) is 0.406. The zero-order chi connectivity index (χ0) is 20.3. The number of unbranched alkanes of at least 4 members (excludes halogenated alkanes) is 1. The highest BCUT2D eigenvalue weighted by molar-refractivity contribution is 5.83. The minimum Gasteiger partial charge on any atom is -0.361 e. The molecule has 158 valence electrons. The van der Waals surface area contributed by atoms with Gasteiger partial charge in [-0.2, -0.15) is 0 Å². The summed E-state index contributed by atoms with van der Waals surface area (Å²) in [4.78, 5) is 8.56. The number of rotatable bonds is 6. The van der Waals surface area contributed by atoms with Crippen molar-refractivity contribution in [2.75, 3.05) is 32.7 Å². The highest BCUT2D eigenvalue weighted by Crippen LogP contribution is 2.33. The first-order chi connectivity index (χ1) is 14.8. The largest absolute Gasteiger partial charge is 0.361 e. The van der Waals surface area contributed by atoms with Gasteiger partial charge in [0.15, 0.2) is 0 Å². The Morgan fingerprint density at radius 1 is 0.900 bits per heavy atom. The second-order valence-corrected chi connectivity index (χ2v) is 9.05. The molecule has 3 nitrogen and oxygen atoms in total. The highest BCUT2D eigenvalue weighted by Gasteiger charge is 2.23. The van der Waals surface area contributed by atoms with Crippen molar-refractivity contribution in [1.29, 1.82) is 0 Å². The van der Waals surface area contributed by atoms with E-state index in [4.69, 9.17) is 0 Å². The Kier molecular flexibility index (Phi) is 5.87. The van der Waals surface area contributed by atoms with Crippen LogP contribution in [0.4, 0.5) is 4.39 Å². The van der Waals surface area contributed by atoms with Crippen molar-refractivity contribution in [2.45, 2.75) is 44.6 Å². The molecule has 4 heteroatoms. The molecule has 0 saturated carbocycles. The number of piperidine rings is 1. The lowest BCUT2D eigenvalue weighted by atomic mass is 9.89. The number of hydrogen-bond donors (Lipinski definition) is 1. The van der Waals surface area contributed by atoms with Crippen LogP contribution in [0.25, 0.3) is 10.9 Å². The van der Waals surface area contributed by atoms with E-state index >= 15 is 0 Å². The molecule has 2 aromatic carbocycles. The van der Waals surface area contributed by atoms with Crippen molar-refractivity contribution in [3.63, 3.8) is 0 Å². The number of H-pyrrole nitrogens is 1. The van der Waals surface area contributed by atoms with Gasteiger partial charge >= 0.3 is 0 Å². The van der Waals surface area contributed by atoms with Gasteiger partial charge in [0, 0.05) is 30.2 Å². The van der Waals surface area contributed by atoms with Crippen LogP contribution in [0, 0.1) is 5.82 Å². The molecule has 30 heavy (non-hydrogen) atoms. The van der Waals surface area contributed by atoms with Gasteiger partial charge in [-0.3, -0.25) is 4.90 Å². The Labute approximate surface area is 178 Å². The van der Waals surface area contributed by atoms with Crippen molar-refractivity contribution < 1.29 is 4.39 Å². The topological polar surface area (TPSA) is 22.3 Å². The molecule has 0 amide bonds. The minimum absolute atomic E-state index is 0.141. The lowest BCUT2D eigenvalue weighted by Gasteiger charge is -2.32. The molecule has 1 fully saturated rings. The average molecular weight is 406 g/mol. The number of nitrogens with zero attached hydrogens (tertiary/aromatic N) is 2. The van der Waals surface area contributed by atoms with E-state index in [1.165, 1.54) is 74.5 Å². The van der Waals surface area contributed by atoms with Gasteiger partial charge in [0.1, 0.15) is 5.82 Å². The lowest BCUT2D eigenvalue weighted by molar-refractivity contribution is 0.198. The Hall–Kier alpha value is -2.17. The average Bonchev–Trinajstić information content (AvgIpc) is 3.20. The molecule has 3 aromatic rings. The first-order valence-electron chi connectivity index (χ1n) is 11.5. The van der Waals surface area contributed by atoms with Gasteiger partial charge in [-0.15, -0.1) is 0 Å². The predicted molar refractivity (Wildman–Crippen MR) is 121 cm³/mol. The second-order valence-electron chi connectivity index (χ2n) is 9.05. The normalized spacial score (nSPS) is 18.7. The molecule has 1 aromatic heterocycles. The van der Waals surface area contributed by atoms with Crippen molar-refractivity contribution in [3.05, 3.63) is 71.2 Å². The van der Waals surface area contributed by atoms with Crippen LogP contribution >= 0.6 is 0 Å². The van der Waals surface area contributed by atoms with Crippen molar-refractivity contribution in [2.24, 2.45) is 0 Å². The summed E-state index contributed by atoms with van der Waals surface area (Å²) in [6, 6.07) is 14.0. The quantitative estimate of drug-likeness (QED) is 0.561. The van der Waals surface area contributed by atoms with Crippen LogP contribution < -0.4 is 0 Å². The number of benzene rings is 2. The molecular formula is C26H32FN3. The molecular weight excluding hydrogens is 373 g/mol. The van der Waals surface area contributed by atoms with E-state index in [-0.39, 0.29) is 5.82 Å². The highest BCUT2D eigenvalue weighted by atomic mass is 19.1. The Bertz CT molecular complexity index is 987. The summed E-state index contributed by atoms with van der Waals surface area (Å²) in [6.07, 6.45) is 8.20. The number of likely N-dealkylation sites (tertiary alicyclic amines) is 1. The SMILES string of the molecule is Fc1ccc2[nH]cc(C3CCN(CCCCN4CCc5ccccc5C4)CC3)c2c1. The third-order valence-electron chi connectivity index (χ3n) is 7.11. The van der Waals surface area contributed by atoms with E-state index in [9.17, 15) is 4.39 Å². The van der Waals surface area contributed by atoms with Crippen LogP contribution in [-0.4, -0.2) is 47.5 Å². The van der Waals surface area contributed by atoms with E-state index in [2.05, 4.69) is 45.2 Å². The van der Waals surface area contributed by atoms with Gasteiger partial charge in [-0.05, 0) is 99.1 Å². The van der Waals surface area contributed by atoms with E-state index in [1.54, 1.807) is 6.07 Å². The smallest absolute Gasteiger partial charge is 0.123 e. The van der Waals surface area contributed by atoms with Crippen LogP contribution in [0.1, 0.15) is 48.3 Å². The lowest BCUT2D eigenvalue weighted by Crippen LogP contribution is -2.34. The summed E-state index contributed by atoms with van der Waals surface area (Å²) in [7, 11) is 0. The molecule has 0 spiro atoms. The van der Waals surface area contributed by atoms with Gasteiger partial charge in [0.25, 0.3) is 0 Å². The van der Waals surface area contributed by atoms with Gasteiger partial charge in [0.2, 0.25) is 0 Å². The minimum atomic E-state index is -0.141. The fourth-order valence-electron chi connectivity index (χ4n) is 5.34. The Morgan fingerprint density at radius 3 is 2.50 bits per heavy atom. The van der Waals surface area contributed by atoms with Crippen molar-refractivity contribution in [3.8, 4) is 0 Å². The summed E-state index contributed by atoms with van der Waals surface area (Å²) in [5.41, 5.74) is 5.40.